The van der Waals surface area contributed by atoms with E-state index in [1.165, 1.54) is 9.77 Å². The summed E-state index contributed by atoms with van der Waals surface area (Å²) in [6.45, 7) is 0. The fourth-order valence-corrected chi connectivity index (χ4v) is 3.10. The molecule has 0 amide bonds. The molecule has 0 N–H and O–H groups in total. The van der Waals surface area contributed by atoms with Crippen molar-refractivity contribution in [1.29, 1.82) is 0 Å². The summed E-state index contributed by atoms with van der Waals surface area (Å²) < 4.78 is 10.4. The Labute approximate surface area is 115 Å². The van der Waals surface area contributed by atoms with Gasteiger partial charge in [-0.05, 0) is 12.1 Å². The van der Waals surface area contributed by atoms with Gasteiger partial charge in [-0.15, -0.1) is 23.1 Å². The molecule has 0 aliphatic carbocycles. The molecule has 0 radical (unpaired) electrons. The van der Waals surface area contributed by atoms with Gasteiger partial charge in [0.2, 0.25) is 0 Å². The summed E-state index contributed by atoms with van der Waals surface area (Å²) in [4.78, 5) is 6.59. The Bertz CT molecular complexity index is 452. The Morgan fingerprint density at radius 3 is 2.50 bits per heavy atom. The Balaban J connectivity index is 1.95. The van der Waals surface area contributed by atoms with Crippen LogP contribution in [-0.4, -0.2) is 19.2 Å². The van der Waals surface area contributed by atoms with Crippen LogP contribution in [0.25, 0.3) is 0 Å². The van der Waals surface area contributed by atoms with Crippen LogP contribution in [0.4, 0.5) is 0 Å². The highest BCUT2D eigenvalue weighted by atomic mass is 32.2. The van der Waals surface area contributed by atoms with E-state index in [9.17, 15) is 0 Å². The molecule has 0 atom stereocenters. The summed E-state index contributed by atoms with van der Waals surface area (Å²) in [5, 5.41) is 0. The quantitative estimate of drug-likeness (QED) is 0.596. The van der Waals surface area contributed by atoms with Crippen LogP contribution in [0.3, 0.4) is 0 Å². The fraction of sp³-hybridized carbons (Fsp3) is 0.308. The Kier molecular flexibility index (Phi) is 5.19. The standard InChI is InChI=1S/C13H15NO2S2/c1-15-13(16-2)10-3-5-11(6-4-10)17-8-12-7-14-9-18-12/h3-7,9,13H,8H2,1-2H3. The number of hydrogen-bond donors (Lipinski definition) is 0. The first-order valence-corrected chi connectivity index (χ1v) is 7.35. The molecule has 2 rings (SSSR count). The number of thiazole rings is 1. The molecule has 0 saturated heterocycles. The minimum Gasteiger partial charge on any atom is -0.352 e. The summed E-state index contributed by atoms with van der Waals surface area (Å²) in [6, 6.07) is 8.25. The van der Waals surface area contributed by atoms with Gasteiger partial charge in [0.15, 0.2) is 6.29 Å². The number of methoxy groups -OCH3 is 2. The lowest BCUT2D eigenvalue weighted by Crippen LogP contribution is -2.02. The molecule has 0 spiro atoms. The van der Waals surface area contributed by atoms with Gasteiger partial charge in [0.05, 0.1) is 5.51 Å². The predicted molar refractivity (Wildman–Crippen MR) is 74.9 cm³/mol. The second kappa shape index (κ2) is 6.89. The summed E-state index contributed by atoms with van der Waals surface area (Å²) >= 11 is 3.49. The van der Waals surface area contributed by atoms with Crippen LogP contribution in [-0.2, 0) is 15.2 Å². The number of ether oxygens (including phenoxy) is 2. The summed E-state index contributed by atoms with van der Waals surface area (Å²) in [7, 11) is 3.28. The zero-order valence-corrected chi connectivity index (χ0v) is 12.0. The molecule has 0 saturated carbocycles. The van der Waals surface area contributed by atoms with Gasteiger partial charge in [-0.3, -0.25) is 4.98 Å². The van der Waals surface area contributed by atoms with Gasteiger partial charge >= 0.3 is 0 Å². The third kappa shape index (κ3) is 3.55. The predicted octanol–water partition coefficient (Wildman–Crippen LogP) is 3.73. The molecule has 1 aromatic heterocycles. The summed E-state index contributed by atoms with van der Waals surface area (Å²) in [5.74, 6) is 0.960. The van der Waals surface area contributed by atoms with Crippen LogP contribution in [0.15, 0.2) is 40.9 Å². The molecule has 3 nitrogen and oxygen atoms in total. The minimum absolute atomic E-state index is 0.287. The lowest BCUT2D eigenvalue weighted by Gasteiger charge is -2.13. The van der Waals surface area contributed by atoms with Crippen LogP contribution < -0.4 is 0 Å². The van der Waals surface area contributed by atoms with Gasteiger partial charge in [0.25, 0.3) is 0 Å². The van der Waals surface area contributed by atoms with Crippen molar-refractivity contribution < 1.29 is 9.47 Å². The van der Waals surface area contributed by atoms with Crippen molar-refractivity contribution in [2.45, 2.75) is 16.9 Å². The SMILES string of the molecule is COC(OC)c1ccc(SCc2cncs2)cc1. The van der Waals surface area contributed by atoms with E-state index in [0.717, 1.165) is 11.3 Å². The maximum absolute atomic E-state index is 5.21. The smallest absolute Gasteiger partial charge is 0.183 e. The van der Waals surface area contributed by atoms with Crippen molar-refractivity contribution in [2.75, 3.05) is 14.2 Å². The van der Waals surface area contributed by atoms with Crippen LogP contribution in [0.5, 0.6) is 0 Å². The monoisotopic (exact) mass is 281 g/mol. The summed E-state index contributed by atoms with van der Waals surface area (Å²) in [5.41, 5.74) is 2.89. The van der Waals surface area contributed by atoms with E-state index in [1.807, 2.05) is 23.8 Å². The number of benzene rings is 1. The molecule has 0 fully saturated rings. The van der Waals surface area contributed by atoms with E-state index in [4.69, 9.17) is 9.47 Å². The zero-order chi connectivity index (χ0) is 12.8. The van der Waals surface area contributed by atoms with Crippen molar-refractivity contribution in [3.63, 3.8) is 0 Å². The number of nitrogens with zero attached hydrogens (tertiary/aromatic N) is 1. The topological polar surface area (TPSA) is 31.4 Å². The zero-order valence-electron chi connectivity index (χ0n) is 10.3. The highest BCUT2D eigenvalue weighted by Gasteiger charge is 2.08. The van der Waals surface area contributed by atoms with Crippen molar-refractivity contribution in [2.24, 2.45) is 0 Å². The lowest BCUT2D eigenvalue weighted by molar-refractivity contribution is -0.106. The van der Waals surface area contributed by atoms with E-state index in [-0.39, 0.29) is 6.29 Å². The molecular weight excluding hydrogens is 266 g/mol. The highest BCUT2D eigenvalue weighted by molar-refractivity contribution is 7.98. The molecule has 1 aromatic carbocycles. The molecule has 96 valence electrons. The van der Waals surface area contributed by atoms with Gasteiger partial charge in [0.1, 0.15) is 0 Å². The molecular formula is C13H15NO2S2. The van der Waals surface area contributed by atoms with Crippen LogP contribution in [0.2, 0.25) is 0 Å². The highest BCUT2D eigenvalue weighted by Crippen LogP contribution is 2.26. The third-order valence-corrected chi connectivity index (χ3v) is 4.47. The van der Waals surface area contributed by atoms with Gasteiger partial charge < -0.3 is 9.47 Å². The average molecular weight is 281 g/mol. The fourth-order valence-electron chi connectivity index (χ4n) is 1.56. The van der Waals surface area contributed by atoms with Crippen molar-refractivity contribution in [3.05, 3.63) is 46.4 Å². The normalized spacial score (nSPS) is 11.1. The number of aromatic nitrogens is 1. The Morgan fingerprint density at radius 1 is 1.22 bits per heavy atom. The van der Waals surface area contributed by atoms with Crippen LogP contribution in [0, 0.1) is 0 Å². The molecule has 2 aromatic rings. The molecule has 5 heteroatoms. The maximum Gasteiger partial charge on any atom is 0.183 e. The van der Waals surface area contributed by atoms with Crippen LogP contribution >= 0.6 is 23.1 Å². The van der Waals surface area contributed by atoms with E-state index >= 15 is 0 Å². The van der Waals surface area contributed by atoms with E-state index in [2.05, 4.69) is 17.1 Å². The van der Waals surface area contributed by atoms with E-state index < -0.39 is 0 Å². The first-order valence-electron chi connectivity index (χ1n) is 5.49. The molecule has 0 aliphatic rings. The molecule has 0 unspecified atom stereocenters. The molecule has 0 aliphatic heterocycles. The van der Waals surface area contributed by atoms with Gasteiger partial charge in [-0.25, -0.2) is 0 Å². The van der Waals surface area contributed by atoms with E-state index in [0.29, 0.717) is 0 Å². The molecule has 1 heterocycles. The number of rotatable bonds is 6. The number of thioether (sulfide) groups is 1. The van der Waals surface area contributed by atoms with Gasteiger partial charge in [-0.2, -0.15) is 0 Å². The lowest BCUT2D eigenvalue weighted by atomic mass is 10.2. The van der Waals surface area contributed by atoms with Gasteiger partial charge in [-0.1, -0.05) is 12.1 Å². The Morgan fingerprint density at radius 2 is 1.94 bits per heavy atom. The molecule has 18 heavy (non-hydrogen) atoms. The van der Waals surface area contributed by atoms with E-state index in [1.54, 1.807) is 37.3 Å². The van der Waals surface area contributed by atoms with Crippen molar-refractivity contribution in [3.8, 4) is 0 Å². The number of hydrogen-bond acceptors (Lipinski definition) is 5. The van der Waals surface area contributed by atoms with Crippen molar-refractivity contribution >= 4 is 23.1 Å². The first-order chi connectivity index (χ1) is 8.83. The first kappa shape index (κ1) is 13.5. The van der Waals surface area contributed by atoms with Gasteiger partial charge in [0, 0.05) is 41.5 Å². The summed E-state index contributed by atoms with van der Waals surface area (Å²) in [6.07, 6.45) is 1.63. The molecule has 0 bridgehead atoms. The van der Waals surface area contributed by atoms with Crippen molar-refractivity contribution in [1.82, 2.24) is 4.98 Å². The maximum atomic E-state index is 5.21. The third-order valence-electron chi connectivity index (χ3n) is 2.44. The minimum atomic E-state index is -0.287. The average Bonchev–Trinajstić information content (AvgIpc) is 2.92. The second-order valence-corrected chi connectivity index (χ2v) is 5.65. The van der Waals surface area contributed by atoms with Crippen LogP contribution in [0.1, 0.15) is 16.7 Å². The Hall–Kier alpha value is -0.880. The largest absolute Gasteiger partial charge is 0.352 e. The second-order valence-electron chi connectivity index (χ2n) is 3.63.